The molecule has 0 amide bonds. The molecule has 0 bridgehead atoms. The van der Waals surface area contributed by atoms with E-state index < -0.39 is 21.4 Å². The largest absolute Gasteiger partial charge is 0.392 e. The predicted octanol–water partition coefficient (Wildman–Crippen LogP) is 1.91. The number of aliphatic hydroxyl groups is 1. The number of rotatable bonds is 6. The van der Waals surface area contributed by atoms with E-state index in [0.717, 1.165) is 13.0 Å². The fourth-order valence-electron chi connectivity index (χ4n) is 2.66. The quantitative estimate of drug-likeness (QED) is 0.838. The molecule has 1 heterocycles. The van der Waals surface area contributed by atoms with E-state index in [1.807, 2.05) is 32.0 Å². The van der Waals surface area contributed by atoms with Crippen LogP contribution in [0.1, 0.15) is 26.7 Å². The summed E-state index contributed by atoms with van der Waals surface area (Å²) in [5.41, 5.74) is 0.599. The first-order valence-electron chi connectivity index (χ1n) is 7.85. The molecule has 5 nitrogen and oxygen atoms in total. The van der Waals surface area contributed by atoms with Crippen molar-refractivity contribution < 1.29 is 13.5 Å². The van der Waals surface area contributed by atoms with Gasteiger partial charge in [0, 0.05) is 18.8 Å². The number of piperidine rings is 1. The number of β-amino-alcohol motifs (C(OH)–C–C–N with tert-alkyl or cyclic N) is 1. The Morgan fingerprint density at radius 3 is 2.64 bits per heavy atom. The average molecular weight is 326 g/mol. The van der Waals surface area contributed by atoms with Gasteiger partial charge in [0.25, 0.3) is 0 Å². The van der Waals surface area contributed by atoms with Crippen molar-refractivity contribution in [3.63, 3.8) is 0 Å². The third-order valence-electron chi connectivity index (χ3n) is 4.15. The Kier molecular flexibility index (Phi) is 5.83. The maximum Gasteiger partial charge on any atom is 0.236 e. The number of nitrogens with one attached hydrogen (secondary N) is 1. The maximum atomic E-state index is 12.5. The normalized spacial score (nSPS) is 21.7. The van der Waals surface area contributed by atoms with Gasteiger partial charge in [-0.3, -0.25) is 9.62 Å². The maximum absolute atomic E-state index is 12.5. The van der Waals surface area contributed by atoms with E-state index in [1.165, 1.54) is 0 Å². The number of likely N-dealkylation sites (tertiary alicyclic amines) is 1. The molecular weight excluding hydrogens is 300 g/mol. The zero-order valence-corrected chi connectivity index (χ0v) is 14.1. The summed E-state index contributed by atoms with van der Waals surface area (Å²) in [6.45, 7) is 5.81. The molecule has 0 aromatic heterocycles. The summed E-state index contributed by atoms with van der Waals surface area (Å²) >= 11 is 0. The summed E-state index contributed by atoms with van der Waals surface area (Å²) in [7, 11) is -3.40. The van der Waals surface area contributed by atoms with Crippen molar-refractivity contribution in [2.45, 2.75) is 38.0 Å². The number of aliphatic hydroxyl groups excluding tert-OH is 1. The van der Waals surface area contributed by atoms with Gasteiger partial charge in [0.1, 0.15) is 0 Å². The molecule has 0 saturated carbocycles. The second kappa shape index (κ2) is 7.44. The van der Waals surface area contributed by atoms with E-state index in [1.54, 1.807) is 12.1 Å². The molecule has 124 valence electrons. The third-order valence-corrected chi connectivity index (χ3v) is 5.93. The zero-order valence-electron chi connectivity index (χ0n) is 13.3. The Balaban J connectivity index is 1.99. The predicted molar refractivity (Wildman–Crippen MR) is 89.3 cm³/mol. The van der Waals surface area contributed by atoms with E-state index in [-0.39, 0.29) is 5.92 Å². The van der Waals surface area contributed by atoms with Gasteiger partial charge >= 0.3 is 0 Å². The van der Waals surface area contributed by atoms with Crippen LogP contribution in [0.2, 0.25) is 0 Å². The van der Waals surface area contributed by atoms with Gasteiger partial charge in [-0.25, -0.2) is 8.42 Å². The highest BCUT2D eigenvalue weighted by Crippen LogP contribution is 2.20. The fraction of sp³-hybridized carbons (Fsp3) is 0.625. The second-order valence-electron chi connectivity index (χ2n) is 6.35. The number of para-hydroxylation sites is 1. The first kappa shape index (κ1) is 17.2. The Bertz CT molecular complexity index is 560. The van der Waals surface area contributed by atoms with Crippen LogP contribution >= 0.6 is 0 Å². The van der Waals surface area contributed by atoms with Gasteiger partial charge in [-0.1, -0.05) is 32.0 Å². The molecule has 0 radical (unpaired) electrons. The molecule has 1 saturated heterocycles. The lowest BCUT2D eigenvalue weighted by Crippen LogP contribution is -2.47. The average Bonchev–Trinajstić information content (AvgIpc) is 2.48. The van der Waals surface area contributed by atoms with Crippen molar-refractivity contribution in [2.24, 2.45) is 5.92 Å². The van der Waals surface area contributed by atoms with Gasteiger partial charge in [0.2, 0.25) is 10.0 Å². The van der Waals surface area contributed by atoms with Crippen LogP contribution in [0, 0.1) is 5.92 Å². The van der Waals surface area contributed by atoms with Gasteiger partial charge in [-0.2, -0.15) is 0 Å². The molecular formula is C16H26N2O3S. The molecule has 0 aliphatic carbocycles. The zero-order chi connectivity index (χ0) is 16.2. The SMILES string of the molecule is CC(C)C(O)CN1CCCC(S(=O)(=O)Nc2ccccc2)C1. The van der Waals surface area contributed by atoms with Gasteiger partial charge in [-0.15, -0.1) is 0 Å². The van der Waals surface area contributed by atoms with E-state index >= 15 is 0 Å². The Hall–Kier alpha value is -1.11. The number of anilines is 1. The summed E-state index contributed by atoms with van der Waals surface area (Å²) in [5.74, 6) is 0.180. The molecule has 2 rings (SSSR count). The summed E-state index contributed by atoms with van der Waals surface area (Å²) in [6.07, 6.45) is 1.09. The van der Waals surface area contributed by atoms with Gasteiger partial charge < -0.3 is 5.11 Å². The Labute approximate surface area is 133 Å². The first-order chi connectivity index (χ1) is 10.4. The molecule has 2 N–H and O–H groups in total. The van der Waals surface area contributed by atoms with Crippen LogP contribution in [0.3, 0.4) is 0 Å². The monoisotopic (exact) mass is 326 g/mol. The standard InChI is InChI=1S/C16H26N2O3S/c1-13(2)16(19)12-18-10-6-9-15(11-18)22(20,21)17-14-7-4-3-5-8-14/h3-5,7-8,13,15-17,19H,6,9-12H2,1-2H3. The smallest absolute Gasteiger partial charge is 0.236 e. The van der Waals surface area contributed by atoms with E-state index in [0.29, 0.717) is 25.2 Å². The summed E-state index contributed by atoms with van der Waals surface area (Å²) in [6, 6.07) is 8.98. The molecule has 2 atom stereocenters. The molecule has 2 unspecified atom stereocenters. The lowest BCUT2D eigenvalue weighted by atomic mass is 10.0. The molecule has 1 aromatic carbocycles. The van der Waals surface area contributed by atoms with Gasteiger partial charge in [0.15, 0.2) is 0 Å². The summed E-state index contributed by atoms with van der Waals surface area (Å²) in [4.78, 5) is 2.06. The van der Waals surface area contributed by atoms with Crippen LogP contribution in [0.15, 0.2) is 30.3 Å². The third kappa shape index (κ3) is 4.69. The number of benzene rings is 1. The minimum Gasteiger partial charge on any atom is -0.392 e. The van der Waals surface area contributed by atoms with Crippen molar-refractivity contribution >= 4 is 15.7 Å². The van der Waals surface area contributed by atoms with Crippen LogP contribution in [0.25, 0.3) is 0 Å². The van der Waals surface area contributed by atoms with E-state index in [4.69, 9.17) is 0 Å². The molecule has 22 heavy (non-hydrogen) atoms. The Morgan fingerprint density at radius 1 is 1.32 bits per heavy atom. The van der Waals surface area contributed by atoms with E-state index in [2.05, 4.69) is 9.62 Å². The number of hydrogen-bond acceptors (Lipinski definition) is 4. The highest BCUT2D eigenvalue weighted by atomic mass is 32.2. The summed E-state index contributed by atoms with van der Waals surface area (Å²) in [5, 5.41) is 9.57. The fourth-order valence-corrected chi connectivity index (χ4v) is 4.18. The lowest BCUT2D eigenvalue weighted by molar-refractivity contribution is 0.0690. The molecule has 1 aliphatic heterocycles. The number of hydrogen-bond donors (Lipinski definition) is 2. The van der Waals surface area contributed by atoms with Crippen LogP contribution in [-0.4, -0.2) is 49.4 Å². The lowest BCUT2D eigenvalue weighted by Gasteiger charge is -2.34. The molecule has 1 aliphatic rings. The van der Waals surface area contributed by atoms with Crippen molar-refractivity contribution in [1.82, 2.24) is 4.90 Å². The minimum atomic E-state index is -3.40. The van der Waals surface area contributed by atoms with Gasteiger partial charge in [-0.05, 0) is 37.4 Å². The van der Waals surface area contributed by atoms with Crippen LogP contribution in [0.5, 0.6) is 0 Å². The number of sulfonamides is 1. The van der Waals surface area contributed by atoms with Gasteiger partial charge in [0.05, 0.1) is 11.4 Å². The van der Waals surface area contributed by atoms with Crippen LogP contribution < -0.4 is 4.72 Å². The second-order valence-corrected chi connectivity index (χ2v) is 8.31. The highest BCUT2D eigenvalue weighted by molar-refractivity contribution is 7.93. The highest BCUT2D eigenvalue weighted by Gasteiger charge is 2.31. The molecule has 0 spiro atoms. The Morgan fingerprint density at radius 2 is 2.00 bits per heavy atom. The molecule has 6 heteroatoms. The van der Waals surface area contributed by atoms with Crippen LogP contribution in [-0.2, 0) is 10.0 Å². The van der Waals surface area contributed by atoms with Crippen molar-refractivity contribution in [1.29, 1.82) is 0 Å². The van der Waals surface area contributed by atoms with Crippen molar-refractivity contribution in [2.75, 3.05) is 24.4 Å². The van der Waals surface area contributed by atoms with Crippen molar-refractivity contribution in [3.8, 4) is 0 Å². The minimum absolute atomic E-state index is 0.180. The summed E-state index contributed by atoms with van der Waals surface area (Å²) < 4.78 is 27.7. The van der Waals surface area contributed by atoms with E-state index in [9.17, 15) is 13.5 Å². The number of nitrogens with zero attached hydrogens (tertiary/aromatic N) is 1. The molecule has 1 fully saturated rings. The first-order valence-corrected chi connectivity index (χ1v) is 9.40. The molecule has 1 aromatic rings. The van der Waals surface area contributed by atoms with Crippen molar-refractivity contribution in [3.05, 3.63) is 30.3 Å². The van der Waals surface area contributed by atoms with Crippen LogP contribution in [0.4, 0.5) is 5.69 Å². The topological polar surface area (TPSA) is 69.6 Å².